The molecule has 1 N–H and O–H groups in total. The maximum atomic E-state index is 12.7. The van der Waals surface area contributed by atoms with E-state index in [9.17, 15) is 9.59 Å². The molecule has 1 amide bonds. The van der Waals surface area contributed by atoms with Gasteiger partial charge in [-0.15, -0.1) is 0 Å². The van der Waals surface area contributed by atoms with Gasteiger partial charge in [0.15, 0.2) is 11.9 Å². The van der Waals surface area contributed by atoms with E-state index in [0.717, 1.165) is 16.5 Å². The lowest BCUT2D eigenvalue weighted by molar-refractivity contribution is -0.123. The summed E-state index contributed by atoms with van der Waals surface area (Å²) in [5.41, 5.74) is 1.39. The molecule has 0 saturated carbocycles. The SMILES string of the molecule is COc1cn(-c2ccccc2)nc1C(=O)O[C@H](C)C(=O)Nc1ccc2ccccc2c1. The fourth-order valence-electron chi connectivity index (χ4n) is 3.14. The van der Waals surface area contributed by atoms with E-state index in [0.29, 0.717) is 5.69 Å². The van der Waals surface area contributed by atoms with E-state index in [-0.39, 0.29) is 11.4 Å². The number of carbonyl (C=O) groups is 2. The van der Waals surface area contributed by atoms with Crippen LogP contribution in [-0.2, 0) is 9.53 Å². The minimum atomic E-state index is -1.02. The summed E-state index contributed by atoms with van der Waals surface area (Å²) < 4.78 is 12.1. The normalized spacial score (nSPS) is 11.7. The monoisotopic (exact) mass is 415 g/mol. The van der Waals surface area contributed by atoms with Gasteiger partial charge >= 0.3 is 5.97 Å². The number of fused-ring (bicyclic) bond motifs is 1. The van der Waals surface area contributed by atoms with Gasteiger partial charge in [0.25, 0.3) is 5.91 Å². The zero-order valence-electron chi connectivity index (χ0n) is 17.1. The molecule has 3 aromatic carbocycles. The maximum Gasteiger partial charge on any atom is 0.363 e. The number of anilines is 1. The number of para-hydroxylation sites is 1. The molecule has 0 saturated heterocycles. The molecule has 7 nitrogen and oxygen atoms in total. The smallest absolute Gasteiger partial charge is 0.363 e. The van der Waals surface area contributed by atoms with Crippen molar-refractivity contribution in [1.82, 2.24) is 9.78 Å². The number of ether oxygens (including phenoxy) is 2. The first-order valence-electron chi connectivity index (χ1n) is 9.75. The van der Waals surface area contributed by atoms with E-state index >= 15 is 0 Å². The number of methoxy groups -OCH3 is 1. The second-order valence-corrected chi connectivity index (χ2v) is 6.92. The molecule has 1 aromatic heterocycles. The van der Waals surface area contributed by atoms with E-state index < -0.39 is 18.0 Å². The molecule has 1 heterocycles. The first-order valence-corrected chi connectivity index (χ1v) is 9.75. The van der Waals surface area contributed by atoms with Crippen LogP contribution in [0.25, 0.3) is 16.5 Å². The maximum absolute atomic E-state index is 12.7. The van der Waals surface area contributed by atoms with Gasteiger partial charge in [-0.1, -0.05) is 48.5 Å². The summed E-state index contributed by atoms with van der Waals surface area (Å²) in [6.07, 6.45) is 0.566. The Hall–Kier alpha value is -4.13. The van der Waals surface area contributed by atoms with Crippen LogP contribution in [0.4, 0.5) is 5.69 Å². The van der Waals surface area contributed by atoms with Gasteiger partial charge in [0.2, 0.25) is 5.69 Å². The predicted octanol–water partition coefficient (Wildman–Crippen LogP) is 4.22. The number of benzene rings is 3. The third kappa shape index (κ3) is 4.40. The zero-order chi connectivity index (χ0) is 21.8. The van der Waals surface area contributed by atoms with Gasteiger partial charge in [-0.05, 0) is 42.0 Å². The molecular formula is C24H21N3O4. The summed E-state index contributed by atoms with van der Waals surface area (Å²) >= 11 is 0. The van der Waals surface area contributed by atoms with Gasteiger partial charge in [-0.3, -0.25) is 4.79 Å². The number of hydrogen-bond acceptors (Lipinski definition) is 5. The predicted molar refractivity (Wildman–Crippen MR) is 118 cm³/mol. The van der Waals surface area contributed by atoms with Crippen molar-refractivity contribution in [3.05, 3.63) is 84.7 Å². The Kier molecular flexibility index (Phi) is 5.66. The van der Waals surface area contributed by atoms with E-state index in [1.165, 1.54) is 18.7 Å². The molecule has 0 radical (unpaired) electrons. The van der Waals surface area contributed by atoms with E-state index in [1.54, 1.807) is 12.3 Å². The minimum absolute atomic E-state index is 0.00305. The van der Waals surface area contributed by atoms with E-state index in [2.05, 4.69) is 10.4 Å². The van der Waals surface area contributed by atoms with Crippen LogP contribution in [0.3, 0.4) is 0 Å². The van der Waals surface area contributed by atoms with Crippen molar-refractivity contribution in [2.24, 2.45) is 0 Å². The van der Waals surface area contributed by atoms with Gasteiger partial charge in [-0.25, -0.2) is 9.48 Å². The molecule has 4 rings (SSSR count). The van der Waals surface area contributed by atoms with Crippen molar-refractivity contribution in [3.8, 4) is 11.4 Å². The Morgan fingerprint density at radius 2 is 1.68 bits per heavy atom. The van der Waals surface area contributed by atoms with Crippen molar-refractivity contribution in [1.29, 1.82) is 0 Å². The van der Waals surface area contributed by atoms with E-state index in [1.807, 2.05) is 66.7 Å². The quantitative estimate of drug-likeness (QED) is 0.477. The number of esters is 1. The molecule has 0 aliphatic carbocycles. The molecule has 1 atom stereocenters. The van der Waals surface area contributed by atoms with Crippen molar-refractivity contribution in [3.63, 3.8) is 0 Å². The van der Waals surface area contributed by atoms with Crippen molar-refractivity contribution >= 4 is 28.3 Å². The first kappa shape index (κ1) is 20.2. The van der Waals surface area contributed by atoms with Gasteiger partial charge in [-0.2, -0.15) is 5.10 Å². The standard InChI is InChI=1S/C24H21N3O4/c1-16(23(28)25-19-13-12-17-8-6-7-9-18(17)14-19)31-24(29)22-21(30-2)15-27(26-22)20-10-4-3-5-11-20/h3-16H,1-2H3,(H,25,28)/t16-/m1/s1. The van der Waals surface area contributed by atoms with Gasteiger partial charge in [0.05, 0.1) is 19.0 Å². The van der Waals surface area contributed by atoms with Crippen molar-refractivity contribution < 1.29 is 19.1 Å². The Bertz CT molecular complexity index is 1230. The lowest BCUT2D eigenvalue weighted by Crippen LogP contribution is -2.30. The van der Waals surface area contributed by atoms with Crippen LogP contribution in [0, 0.1) is 0 Å². The lowest BCUT2D eigenvalue weighted by Gasteiger charge is -2.13. The molecule has 156 valence electrons. The minimum Gasteiger partial charge on any atom is -0.493 e. The highest BCUT2D eigenvalue weighted by atomic mass is 16.6. The molecule has 0 aliphatic heterocycles. The number of amides is 1. The summed E-state index contributed by atoms with van der Waals surface area (Å²) in [7, 11) is 1.44. The molecule has 31 heavy (non-hydrogen) atoms. The largest absolute Gasteiger partial charge is 0.493 e. The second-order valence-electron chi connectivity index (χ2n) is 6.92. The van der Waals surface area contributed by atoms with Gasteiger partial charge in [0.1, 0.15) is 0 Å². The van der Waals surface area contributed by atoms with Crippen LogP contribution in [0.2, 0.25) is 0 Å². The van der Waals surface area contributed by atoms with Crippen molar-refractivity contribution in [2.45, 2.75) is 13.0 Å². The highest BCUT2D eigenvalue weighted by Gasteiger charge is 2.25. The summed E-state index contributed by atoms with van der Waals surface area (Å²) in [4.78, 5) is 25.2. The van der Waals surface area contributed by atoms with Gasteiger partial charge in [0, 0.05) is 5.69 Å². The van der Waals surface area contributed by atoms with Crippen LogP contribution >= 0.6 is 0 Å². The second kappa shape index (κ2) is 8.71. The third-order valence-electron chi connectivity index (χ3n) is 4.78. The molecule has 0 bridgehead atoms. The molecule has 0 fully saturated rings. The summed E-state index contributed by atoms with van der Waals surface area (Å²) in [5, 5.41) is 9.12. The number of aromatic nitrogens is 2. The lowest BCUT2D eigenvalue weighted by atomic mass is 10.1. The van der Waals surface area contributed by atoms with E-state index in [4.69, 9.17) is 9.47 Å². The van der Waals surface area contributed by atoms with Crippen LogP contribution in [0.1, 0.15) is 17.4 Å². The number of rotatable bonds is 6. The Balaban J connectivity index is 1.46. The number of carbonyl (C=O) groups excluding carboxylic acids is 2. The summed E-state index contributed by atoms with van der Waals surface area (Å²) in [6.45, 7) is 1.51. The Labute approximate surface area is 179 Å². The molecular weight excluding hydrogens is 394 g/mol. The van der Waals surface area contributed by atoms with Crippen LogP contribution in [0.15, 0.2) is 79.0 Å². The average molecular weight is 415 g/mol. The summed E-state index contributed by atoms with van der Waals surface area (Å²) in [6, 6.07) is 22.7. The Morgan fingerprint density at radius 1 is 0.968 bits per heavy atom. The highest BCUT2D eigenvalue weighted by molar-refractivity contribution is 5.99. The number of nitrogens with one attached hydrogen (secondary N) is 1. The first-order chi connectivity index (χ1) is 15.0. The molecule has 0 aliphatic rings. The molecule has 0 spiro atoms. The van der Waals surface area contributed by atoms with Crippen LogP contribution in [-0.4, -0.2) is 34.9 Å². The molecule has 0 unspecified atom stereocenters. The number of nitrogens with zero attached hydrogens (tertiary/aromatic N) is 2. The third-order valence-corrected chi connectivity index (χ3v) is 4.78. The van der Waals surface area contributed by atoms with Gasteiger partial charge < -0.3 is 14.8 Å². The fraction of sp³-hybridized carbons (Fsp3) is 0.125. The topological polar surface area (TPSA) is 82.5 Å². The van der Waals surface area contributed by atoms with Crippen LogP contribution in [0.5, 0.6) is 5.75 Å². The summed E-state index contributed by atoms with van der Waals surface area (Å²) in [5.74, 6) is -0.922. The number of hydrogen-bond donors (Lipinski definition) is 1. The molecule has 7 heteroatoms. The van der Waals surface area contributed by atoms with Crippen LogP contribution < -0.4 is 10.1 Å². The van der Waals surface area contributed by atoms with Crippen molar-refractivity contribution in [2.75, 3.05) is 12.4 Å². The fourth-order valence-corrected chi connectivity index (χ4v) is 3.14. The molecule has 4 aromatic rings. The average Bonchev–Trinajstić information content (AvgIpc) is 3.24. The zero-order valence-corrected chi connectivity index (χ0v) is 17.1. The Morgan fingerprint density at radius 3 is 2.42 bits per heavy atom. The highest BCUT2D eigenvalue weighted by Crippen LogP contribution is 2.22.